The number of hydrogen-bond acceptors (Lipinski definition) is 5. The summed E-state index contributed by atoms with van der Waals surface area (Å²) in [4.78, 5) is 22.4. The van der Waals surface area contributed by atoms with Crippen LogP contribution in [0.3, 0.4) is 0 Å². The van der Waals surface area contributed by atoms with Gasteiger partial charge in [-0.15, -0.1) is 0 Å². The van der Waals surface area contributed by atoms with Crippen molar-refractivity contribution in [3.8, 4) is 0 Å². The lowest BCUT2D eigenvalue weighted by molar-refractivity contribution is -0.132. The first kappa shape index (κ1) is 19.2. The first-order valence-corrected chi connectivity index (χ1v) is 11.7. The molecule has 1 fully saturated rings. The van der Waals surface area contributed by atoms with Gasteiger partial charge in [-0.3, -0.25) is 4.79 Å². The average Bonchev–Trinajstić information content (AvgIpc) is 3.15. The maximum atomic E-state index is 12.9. The van der Waals surface area contributed by atoms with E-state index in [1.54, 1.807) is 4.90 Å². The van der Waals surface area contributed by atoms with Crippen molar-refractivity contribution in [2.75, 3.05) is 17.3 Å². The molecule has 1 aromatic carbocycles. The lowest BCUT2D eigenvalue weighted by Gasteiger charge is -2.33. The standard InChI is InChI=1S/C18H25N3O3S2/c1-4-13(3)21(14-7-8-26(23,24)11-14)17(22)10-25-18-19-15-6-5-12(2)9-16(15)20-18/h5-6,9,13-14H,4,7-8,10-11H2,1-3H3,(H,19,20)/t13-,14-/m1/s1. The number of amides is 1. The zero-order chi connectivity index (χ0) is 18.9. The Morgan fingerprint density at radius 3 is 2.88 bits per heavy atom. The summed E-state index contributed by atoms with van der Waals surface area (Å²) in [7, 11) is -3.02. The first-order chi connectivity index (χ1) is 12.3. The van der Waals surface area contributed by atoms with E-state index in [0.717, 1.165) is 23.0 Å². The van der Waals surface area contributed by atoms with Crippen LogP contribution >= 0.6 is 11.8 Å². The monoisotopic (exact) mass is 395 g/mol. The van der Waals surface area contributed by atoms with Gasteiger partial charge >= 0.3 is 0 Å². The maximum absolute atomic E-state index is 12.9. The molecule has 1 aromatic heterocycles. The van der Waals surface area contributed by atoms with Crippen LogP contribution in [0.25, 0.3) is 11.0 Å². The van der Waals surface area contributed by atoms with E-state index < -0.39 is 9.84 Å². The third kappa shape index (κ3) is 4.23. The van der Waals surface area contributed by atoms with E-state index in [-0.39, 0.29) is 35.2 Å². The van der Waals surface area contributed by atoms with Crippen molar-refractivity contribution in [1.82, 2.24) is 14.9 Å². The number of carbonyl (C=O) groups excluding carboxylic acids is 1. The molecule has 1 aliphatic rings. The van der Waals surface area contributed by atoms with E-state index in [1.807, 2.05) is 39.0 Å². The minimum atomic E-state index is -3.02. The number of rotatable bonds is 6. The van der Waals surface area contributed by atoms with Gasteiger partial charge < -0.3 is 9.88 Å². The number of nitrogens with zero attached hydrogens (tertiary/aromatic N) is 2. The van der Waals surface area contributed by atoms with Gasteiger partial charge in [-0.2, -0.15) is 0 Å². The van der Waals surface area contributed by atoms with Crippen molar-refractivity contribution in [1.29, 1.82) is 0 Å². The van der Waals surface area contributed by atoms with Crippen LogP contribution in [-0.4, -0.2) is 58.5 Å². The Kier molecular flexibility index (Phi) is 5.62. The van der Waals surface area contributed by atoms with E-state index in [4.69, 9.17) is 0 Å². The van der Waals surface area contributed by atoms with E-state index in [9.17, 15) is 13.2 Å². The molecule has 2 atom stereocenters. The topological polar surface area (TPSA) is 83.1 Å². The molecule has 1 saturated heterocycles. The van der Waals surface area contributed by atoms with Crippen LogP contribution in [0, 0.1) is 6.92 Å². The van der Waals surface area contributed by atoms with Crippen molar-refractivity contribution in [2.45, 2.75) is 50.9 Å². The SMILES string of the molecule is CC[C@@H](C)N(C(=O)CSc1nc2ccc(C)cc2[nH]1)[C@@H]1CCS(=O)(=O)C1. The number of benzene rings is 1. The van der Waals surface area contributed by atoms with Crippen LogP contribution in [-0.2, 0) is 14.6 Å². The normalized spacial score (nSPS) is 20.3. The molecule has 1 aliphatic heterocycles. The van der Waals surface area contributed by atoms with Crippen LogP contribution in [0.2, 0.25) is 0 Å². The molecule has 142 valence electrons. The van der Waals surface area contributed by atoms with E-state index in [2.05, 4.69) is 9.97 Å². The molecule has 0 unspecified atom stereocenters. The smallest absolute Gasteiger partial charge is 0.233 e. The van der Waals surface area contributed by atoms with Gasteiger partial charge in [0.2, 0.25) is 5.91 Å². The fourth-order valence-electron chi connectivity index (χ4n) is 3.37. The Balaban J connectivity index is 1.70. The highest BCUT2D eigenvalue weighted by molar-refractivity contribution is 7.99. The van der Waals surface area contributed by atoms with Crippen LogP contribution in [0.15, 0.2) is 23.4 Å². The van der Waals surface area contributed by atoms with Gasteiger partial charge in [0.1, 0.15) is 0 Å². The van der Waals surface area contributed by atoms with E-state index in [1.165, 1.54) is 11.8 Å². The van der Waals surface area contributed by atoms with Gasteiger partial charge in [-0.05, 0) is 44.4 Å². The summed E-state index contributed by atoms with van der Waals surface area (Å²) in [6.07, 6.45) is 1.34. The summed E-state index contributed by atoms with van der Waals surface area (Å²) in [5.74, 6) is 0.480. The van der Waals surface area contributed by atoms with E-state index >= 15 is 0 Å². The predicted octanol–water partition coefficient (Wildman–Crippen LogP) is 2.78. The van der Waals surface area contributed by atoms with Crippen molar-refractivity contribution in [2.24, 2.45) is 0 Å². The van der Waals surface area contributed by atoms with Crippen molar-refractivity contribution >= 4 is 38.5 Å². The molecule has 26 heavy (non-hydrogen) atoms. The maximum Gasteiger partial charge on any atom is 0.233 e. The molecule has 0 bridgehead atoms. The molecule has 0 aliphatic carbocycles. The van der Waals surface area contributed by atoms with Crippen molar-refractivity contribution < 1.29 is 13.2 Å². The van der Waals surface area contributed by atoms with E-state index in [0.29, 0.717) is 11.6 Å². The number of imidazole rings is 1. The second-order valence-electron chi connectivity index (χ2n) is 6.97. The molecule has 0 spiro atoms. The Hall–Kier alpha value is -1.54. The van der Waals surface area contributed by atoms with Crippen LogP contribution in [0.1, 0.15) is 32.3 Å². The Labute approximate surface area is 158 Å². The minimum absolute atomic E-state index is 0.0249. The van der Waals surface area contributed by atoms with Gasteiger partial charge in [-0.1, -0.05) is 24.8 Å². The second-order valence-corrected chi connectivity index (χ2v) is 10.2. The van der Waals surface area contributed by atoms with Gasteiger partial charge in [0.05, 0.1) is 28.3 Å². The number of fused-ring (bicyclic) bond motifs is 1. The first-order valence-electron chi connectivity index (χ1n) is 8.90. The van der Waals surface area contributed by atoms with Crippen molar-refractivity contribution in [3.05, 3.63) is 23.8 Å². The molecule has 8 heteroatoms. The number of carbonyl (C=O) groups is 1. The lowest BCUT2D eigenvalue weighted by Crippen LogP contribution is -2.47. The summed E-state index contributed by atoms with van der Waals surface area (Å²) in [5, 5.41) is 0.710. The van der Waals surface area contributed by atoms with Gasteiger partial charge in [0.25, 0.3) is 0 Å². The van der Waals surface area contributed by atoms with Gasteiger partial charge in [-0.25, -0.2) is 13.4 Å². The molecular weight excluding hydrogens is 370 g/mol. The highest BCUT2D eigenvalue weighted by Gasteiger charge is 2.36. The minimum Gasteiger partial charge on any atom is -0.335 e. The number of sulfone groups is 1. The van der Waals surface area contributed by atoms with Crippen LogP contribution in [0.5, 0.6) is 0 Å². The number of H-pyrrole nitrogens is 1. The number of aromatic nitrogens is 2. The highest BCUT2D eigenvalue weighted by Crippen LogP contribution is 2.25. The average molecular weight is 396 g/mol. The number of hydrogen-bond donors (Lipinski definition) is 1. The number of aromatic amines is 1. The zero-order valence-electron chi connectivity index (χ0n) is 15.4. The summed E-state index contributed by atoms with van der Waals surface area (Å²) in [6.45, 7) is 6.02. The molecule has 1 amide bonds. The number of nitrogens with one attached hydrogen (secondary N) is 1. The fourth-order valence-corrected chi connectivity index (χ4v) is 5.84. The molecule has 3 rings (SSSR count). The second kappa shape index (κ2) is 7.60. The number of aryl methyl sites for hydroxylation is 1. The Bertz CT molecular complexity index is 908. The highest BCUT2D eigenvalue weighted by atomic mass is 32.2. The fraction of sp³-hybridized carbons (Fsp3) is 0.556. The summed E-state index contributed by atoms with van der Waals surface area (Å²) in [6, 6.07) is 5.82. The molecule has 0 saturated carbocycles. The van der Waals surface area contributed by atoms with Crippen LogP contribution < -0.4 is 0 Å². The predicted molar refractivity (Wildman–Crippen MR) is 105 cm³/mol. The quantitative estimate of drug-likeness (QED) is 0.761. The Morgan fingerprint density at radius 2 is 2.23 bits per heavy atom. The lowest BCUT2D eigenvalue weighted by atomic mass is 10.1. The van der Waals surface area contributed by atoms with Crippen molar-refractivity contribution in [3.63, 3.8) is 0 Å². The zero-order valence-corrected chi connectivity index (χ0v) is 17.0. The largest absolute Gasteiger partial charge is 0.335 e. The summed E-state index contributed by atoms with van der Waals surface area (Å²) in [5.41, 5.74) is 2.99. The molecule has 0 radical (unpaired) electrons. The number of thioether (sulfide) groups is 1. The molecule has 2 heterocycles. The van der Waals surface area contributed by atoms with Crippen LogP contribution in [0.4, 0.5) is 0 Å². The van der Waals surface area contributed by atoms with Gasteiger partial charge in [0, 0.05) is 12.1 Å². The van der Waals surface area contributed by atoms with Gasteiger partial charge in [0.15, 0.2) is 15.0 Å². The molecule has 6 nitrogen and oxygen atoms in total. The third-order valence-electron chi connectivity index (χ3n) is 4.90. The summed E-state index contributed by atoms with van der Waals surface area (Å²) >= 11 is 1.37. The molecule has 1 N–H and O–H groups in total. The molecule has 2 aromatic rings. The summed E-state index contributed by atoms with van der Waals surface area (Å²) < 4.78 is 23.7. The Morgan fingerprint density at radius 1 is 1.46 bits per heavy atom. The third-order valence-corrected chi connectivity index (χ3v) is 7.51. The molecular formula is C18H25N3O3S2.